The number of halogens is 1. The number of hydrogen-bond donors (Lipinski definition) is 0. The fourth-order valence-corrected chi connectivity index (χ4v) is 0.636. The summed E-state index contributed by atoms with van der Waals surface area (Å²) in [6, 6.07) is 1.71. The molecule has 0 aromatic carbocycles. The third-order valence-corrected chi connectivity index (χ3v) is 1.11. The van der Waals surface area contributed by atoms with Gasteiger partial charge in [-0.2, -0.15) is 14.6 Å². The average molecular weight is 167 g/mol. The summed E-state index contributed by atoms with van der Waals surface area (Å²) in [7, 11) is 0. The van der Waals surface area contributed by atoms with Gasteiger partial charge in [0.2, 0.25) is 5.82 Å². The molecule has 0 aliphatic rings. The third kappa shape index (κ3) is 1.89. The number of hydrogen-bond acceptors (Lipinski definition) is 4. The first kappa shape index (κ1) is 8.40. The smallest absolute Gasteiger partial charge is 0.254 e. The van der Waals surface area contributed by atoms with Gasteiger partial charge in [0.25, 0.3) is 5.88 Å². The van der Waals surface area contributed by atoms with E-state index in [0.29, 0.717) is 5.82 Å². The minimum absolute atomic E-state index is 0.177. The molecular weight excluding hydrogens is 161 g/mol. The summed E-state index contributed by atoms with van der Waals surface area (Å²) in [4.78, 5) is 7.25. The molecule has 0 fully saturated rings. The molecule has 0 radical (unpaired) electrons. The van der Waals surface area contributed by atoms with E-state index in [1.807, 2.05) is 0 Å². The van der Waals surface area contributed by atoms with Crippen molar-refractivity contribution in [3.8, 4) is 11.9 Å². The van der Waals surface area contributed by atoms with E-state index in [1.165, 1.54) is 0 Å². The Hall–Kier alpha value is -1.70. The maximum Gasteiger partial charge on any atom is 0.254 e. The maximum absolute atomic E-state index is 12.7. The Bertz CT molecular complexity index is 321. The molecule has 0 saturated carbocycles. The Kier molecular flexibility index (Phi) is 2.53. The summed E-state index contributed by atoms with van der Waals surface area (Å²) < 4.78 is 17.4. The molecule has 1 aromatic heterocycles. The number of aromatic nitrogens is 2. The summed E-state index contributed by atoms with van der Waals surface area (Å²) in [6.07, 6.45) is 1.01. The van der Waals surface area contributed by atoms with Crippen molar-refractivity contribution < 1.29 is 9.13 Å². The van der Waals surface area contributed by atoms with Crippen molar-refractivity contribution in [2.45, 2.75) is 6.92 Å². The van der Waals surface area contributed by atoms with Gasteiger partial charge in [-0.15, -0.1) is 0 Å². The Balaban J connectivity index is 2.84. The molecule has 1 rings (SSSR count). The summed E-state index contributed by atoms with van der Waals surface area (Å²) in [5, 5.41) is 8.15. The molecular formula is C7H6FN3O. The zero-order valence-corrected chi connectivity index (χ0v) is 6.41. The molecule has 1 heterocycles. The van der Waals surface area contributed by atoms with E-state index in [0.717, 1.165) is 6.20 Å². The van der Waals surface area contributed by atoms with Crippen LogP contribution in [-0.2, 0) is 0 Å². The Morgan fingerprint density at radius 3 is 3.17 bits per heavy atom. The molecule has 0 aliphatic carbocycles. The number of nitriles is 1. The van der Waals surface area contributed by atoms with Crippen molar-refractivity contribution in [3.05, 3.63) is 17.8 Å². The Labute approximate surface area is 68.6 Å². The molecule has 0 bridgehead atoms. The monoisotopic (exact) mass is 167 g/mol. The van der Waals surface area contributed by atoms with Crippen LogP contribution in [0.3, 0.4) is 0 Å². The van der Waals surface area contributed by atoms with E-state index in [4.69, 9.17) is 5.26 Å². The van der Waals surface area contributed by atoms with Crippen molar-refractivity contribution in [1.82, 2.24) is 9.97 Å². The molecule has 12 heavy (non-hydrogen) atoms. The van der Waals surface area contributed by atoms with Crippen LogP contribution in [0.15, 0.2) is 6.20 Å². The summed E-state index contributed by atoms with van der Waals surface area (Å²) in [5.74, 6) is -0.427. The van der Waals surface area contributed by atoms with Crippen LogP contribution in [0.5, 0.6) is 5.88 Å². The zero-order valence-electron chi connectivity index (χ0n) is 6.41. The molecule has 62 valence electrons. The minimum Gasteiger partial charge on any atom is -0.460 e. The van der Waals surface area contributed by atoms with Gasteiger partial charge in [0.05, 0.1) is 6.20 Å². The fourth-order valence-electron chi connectivity index (χ4n) is 0.636. The number of aryl methyl sites for hydroxylation is 1. The van der Waals surface area contributed by atoms with Crippen molar-refractivity contribution >= 4 is 0 Å². The van der Waals surface area contributed by atoms with Gasteiger partial charge in [0, 0.05) is 0 Å². The Morgan fingerprint density at radius 2 is 2.50 bits per heavy atom. The van der Waals surface area contributed by atoms with Gasteiger partial charge in [-0.25, -0.2) is 4.98 Å². The normalized spacial score (nSPS) is 9.08. The first-order chi connectivity index (χ1) is 5.74. The van der Waals surface area contributed by atoms with Crippen molar-refractivity contribution in [2.75, 3.05) is 6.61 Å². The second-order valence-corrected chi connectivity index (χ2v) is 2.02. The number of ether oxygens (including phenoxy) is 1. The second-order valence-electron chi connectivity index (χ2n) is 2.02. The van der Waals surface area contributed by atoms with E-state index >= 15 is 0 Å². The van der Waals surface area contributed by atoms with E-state index in [9.17, 15) is 4.39 Å². The molecule has 0 unspecified atom stereocenters. The zero-order chi connectivity index (χ0) is 8.97. The van der Waals surface area contributed by atoms with Crippen LogP contribution in [0.4, 0.5) is 4.39 Å². The first-order valence-electron chi connectivity index (χ1n) is 3.23. The predicted octanol–water partition coefficient (Wildman–Crippen LogP) is 0.826. The summed E-state index contributed by atoms with van der Waals surface area (Å²) >= 11 is 0. The molecule has 0 atom stereocenters. The fraction of sp³-hybridized carbons (Fsp3) is 0.286. The van der Waals surface area contributed by atoms with E-state index in [2.05, 4.69) is 14.7 Å². The highest BCUT2D eigenvalue weighted by molar-refractivity contribution is 5.11. The lowest BCUT2D eigenvalue weighted by molar-refractivity contribution is 0.328. The average Bonchev–Trinajstić information content (AvgIpc) is 2.07. The van der Waals surface area contributed by atoms with Crippen LogP contribution in [0, 0.1) is 24.1 Å². The van der Waals surface area contributed by atoms with Gasteiger partial charge in [-0.1, -0.05) is 0 Å². The van der Waals surface area contributed by atoms with Crippen LogP contribution in [-0.4, -0.2) is 16.6 Å². The number of nitrogens with zero attached hydrogens (tertiary/aromatic N) is 3. The lowest BCUT2D eigenvalue weighted by Gasteiger charge is -2.00. The SMILES string of the molecule is Cc1ncc(F)c(OCC#N)n1. The van der Waals surface area contributed by atoms with Gasteiger partial charge in [-0.3, -0.25) is 0 Å². The predicted molar refractivity (Wildman–Crippen MR) is 37.8 cm³/mol. The van der Waals surface area contributed by atoms with Crippen LogP contribution < -0.4 is 4.74 Å². The van der Waals surface area contributed by atoms with Gasteiger partial charge < -0.3 is 4.74 Å². The topological polar surface area (TPSA) is 58.8 Å². The molecule has 4 nitrogen and oxygen atoms in total. The third-order valence-electron chi connectivity index (χ3n) is 1.11. The van der Waals surface area contributed by atoms with Crippen molar-refractivity contribution in [1.29, 1.82) is 5.26 Å². The van der Waals surface area contributed by atoms with Crippen molar-refractivity contribution in [2.24, 2.45) is 0 Å². The Morgan fingerprint density at radius 1 is 1.75 bits per heavy atom. The minimum atomic E-state index is -0.657. The number of rotatable bonds is 2. The van der Waals surface area contributed by atoms with Gasteiger partial charge in [0.15, 0.2) is 6.61 Å². The molecule has 0 spiro atoms. The highest BCUT2D eigenvalue weighted by atomic mass is 19.1. The van der Waals surface area contributed by atoms with E-state index in [1.54, 1.807) is 13.0 Å². The highest BCUT2D eigenvalue weighted by Crippen LogP contribution is 2.10. The molecule has 0 amide bonds. The summed E-state index contributed by atoms with van der Waals surface area (Å²) in [6.45, 7) is 1.39. The summed E-state index contributed by atoms with van der Waals surface area (Å²) in [5.41, 5.74) is 0. The quantitative estimate of drug-likeness (QED) is 0.654. The standard InChI is InChI=1S/C7H6FN3O/c1-5-10-4-6(8)7(11-5)12-3-2-9/h4H,3H2,1H3. The molecule has 0 saturated heterocycles. The lowest BCUT2D eigenvalue weighted by Crippen LogP contribution is -2.01. The highest BCUT2D eigenvalue weighted by Gasteiger charge is 2.04. The van der Waals surface area contributed by atoms with E-state index < -0.39 is 5.82 Å². The van der Waals surface area contributed by atoms with Gasteiger partial charge in [-0.05, 0) is 6.92 Å². The van der Waals surface area contributed by atoms with Gasteiger partial charge >= 0.3 is 0 Å². The van der Waals surface area contributed by atoms with Crippen molar-refractivity contribution in [3.63, 3.8) is 0 Å². The van der Waals surface area contributed by atoms with Crippen LogP contribution in [0.1, 0.15) is 5.82 Å². The molecule has 1 aromatic rings. The van der Waals surface area contributed by atoms with Crippen LogP contribution in [0.25, 0.3) is 0 Å². The maximum atomic E-state index is 12.7. The van der Waals surface area contributed by atoms with Gasteiger partial charge in [0.1, 0.15) is 11.9 Å². The second kappa shape index (κ2) is 3.62. The lowest BCUT2D eigenvalue weighted by atomic mass is 10.5. The first-order valence-corrected chi connectivity index (χ1v) is 3.23. The van der Waals surface area contributed by atoms with E-state index in [-0.39, 0.29) is 12.5 Å². The molecule has 0 aliphatic heterocycles. The molecule has 0 N–H and O–H groups in total. The molecule has 5 heteroatoms. The largest absolute Gasteiger partial charge is 0.460 e. The van der Waals surface area contributed by atoms with Crippen LogP contribution in [0.2, 0.25) is 0 Å². The van der Waals surface area contributed by atoms with Crippen LogP contribution >= 0.6 is 0 Å².